The first-order valence-corrected chi connectivity index (χ1v) is 4.11. The number of nitrogens with zero attached hydrogens (tertiary/aromatic N) is 4. The predicted octanol–water partition coefficient (Wildman–Crippen LogP) is -0.518. The summed E-state index contributed by atoms with van der Waals surface area (Å²) in [7, 11) is 2.03. The molecule has 2 N–H and O–H groups in total. The molecule has 1 aliphatic heterocycles. The average molecular weight is 186 g/mol. The summed E-state index contributed by atoms with van der Waals surface area (Å²) in [4.78, 5) is 4.04. The molecule has 0 aromatic heterocycles. The van der Waals surface area contributed by atoms with E-state index in [0.29, 0.717) is 5.84 Å². The fraction of sp³-hybridized carbons (Fsp3) is 0.714. The van der Waals surface area contributed by atoms with Crippen molar-refractivity contribution in [2.24, 2.45) is 10.3 Å². The first-order chi connectivity index (χ1) is 6.27. The van der Waals surface area contributed by atoms with Gasteiger partial charge in [0, 0.05) is 26.2 Å². The van der Waals surface area contributed by atoms with Gasteiger partial charge < -0.3 is 20.2 Å². The van der Waals surface area contributed by atoms with Crippen LogP contribution in [-0.2, 0) is 0 Å². The Morgan fingerprint density at radius 3 is 2.31 bits per heavy atom. The second-order valence-corrected chi connectivity index (χ2v) is 2.99. The third-order valence-electron chi connectivity index (χ3n) is 2.10. The molecular formula is C7H14N4O2. The van der Waals surface area contributed by atoms with Crippen molar-refractivity contribution in [2.75, 3.05) is 33.2 Å². The van der Waals surface area contributed by atoms with Crippen molar-refractivity contribution < 1.29 is 10.4 Å². The summed E-state index contributed by atoms with van der Waals surface area (Å²) in [5.74, 6) is 0.301. The summed E-state index contributed by atoms with van der Waals surface area (Å²) in [6.45, 7) is 3.39. The van der Waals surface area contributed by atoms with Gasteiger partial charge in [-0.3, -0.25) is 0 Å². The molecule has 13 heavy (non-hydrogen) atoms. The lowest BCUT2D eigenvalue weighted by atomic mass is 10.3. The molecule has 1 fully saturated rings. The van der Waals surface area contributed by atoms with Crippen molar-refractivity contribution in [1.29, 1.82) is 0 Å². The van der Waals surface area contributed by atoms with Crippen LogP contribution in [0.2, 0.25) is 0 Å². The van der Waals surface area contributed by atoms with Gasteiger partial charge in [0.05, 0.1) is 0 Å². The number of amidine groups is 1. The van der Waals surface area contributed by atoms with Gasteiger partial charge in [-0.15, -0.1) is 0 Å². The zero-order chi connectivity index (χ0) is 9.68. The summed E-state index contributed by atoms with van der Waals surface area (Å²) in [6, 6.07) is 0. The van der Waals surface area contributed by atoms with Crippen LogP contribution in [0.4, 0.5) is 0 Å². The lowest BCUT2D eigenvalue weighted by Gasteiger charge is -2.32. The molecule has 6 nitrogen and oxygen atoms in total. The quantitative estimate of drug-likeness (QED) is 0.250. The van der Waals surface area contributed by atoms with Crippen molar-refractivity contribution >= 4 is 12.1 Å². The minimum Gasteiger partial charge on any atom is -0.411 e. The van der Waals surface area contributed by atoms with E-state index in [-0.39, 0.29) is 0 Å². The molecule has 1 aliphatic rings. The van der Waals surface area contributed by atoms with Crippen LogP contribution in [0.1, 0.15) is 0 Å². The average Bonchev–Trinajstić information content (AvgIpc) is 2.16. The number of hydrogen-bond donors (Lipinski definition) is 2. The van der Waals surface area contributed by atoms with Crippen molar-refractivity contribution in [3.63, 3.8) is 0 Å². The van der Waals surface area contributed by atoms with E-state index in [1.165, 1.54) is 0 Å². The van der Waals surface area contributed by atoms with Crippen LogP contribution in [0.15, 0.2) is 10.3 Å². The first-order valence-electron chi connectivity index (χ1n) is 4.11. The first kappa shape index (κ1) is 9.79. The Morgan fingerprint density at radius 2 is 1.85 bits per heavy atom. The molecule has 0 atom stereocenters. The van der Waals surface area contributed by atoms with Crippen LogP contribution >= 0.6 is 0 Å². The van der Waals surface area contributed by atoms with Gasteiger partial charge in [-0.25, -0.2) is 0 Å². The summed E-state index contributed by atoms with van der Waals surface area (Å²) < 4.78 is 0. The van der Waals surface area contributed by atoms with Crippen LogP contribution in [-0.4, -0.2) is 65.5 Å². The van der Waals surface area contributed by atoms with E-state index < -0.39 is 0 Å². The largest absolute Gasteiger partial charge is 0.411 e. The second kappa shape index (κ2) is 4.66. The van der Waals surface area contributed by atoms with E-state index in [2.05, 4.69) is 15.2 Å². The molecule has 0 aromatic carbocycles. The Morgan fingerprint density at radius 1 is 1.23 bits per heavy atom. The van der Waals surface area contributed by atoms with Crippen molar-refractivity contribution in [1.82, 2.24) is 9.80 Å². The molecule has 1 rings (SSSR count). The fourth-order valence-corrected chi connectivity index (χ4v) is 1.26. The maximum atomic E-state index is 8.61. The monoisotopic (exact) mass is 186 g/mol. The van der Waals surface area contributed by atoms with Gasteiger partial charge >= 0.3 is 0 Å². The van der Waals surface area contributed by atoms with E-state index >= 15 is 0 Å². The summed E-state index contributed by atoms with van der Waals surface area (Å²) >= 11 is 0. The smallest absolute Gasteiger partial charge is 0.189 e. The SMILES string of the molecule is CN1CCN(C(C=NO)=NO)CC1. The molecule has 0 amide bonds. The van der Waals surface area contributed by atoms with Crippen LogP contribution in [0.25, 0.3) is 0 Å². The highest BCUT2D eigenvalue weighted by molar-refractivity contribution is 6.28. The van der Waals surface area contributed by atoms with Gasteiger partial charge in [0.15, 0.2) is 5.84 Å². The van der Waals surface area contributed by atoms with Crippen LogP contribution in [0.5, 0.6) is 0 Å². The molecule has 0 spiro atoms. The van der Waals surface area contributed by atoms with Crippen LogP contribution < -0.4 is 0 Å². The highest BCUT2D eigenvalue weighted by Crippen LogP contribution is 1.99. The molecular weight excluding hydrogens is 172 g/mol. The standard InChI is InChI=1S/C7H14N4O2/c1-10-2-4-11(5-3-10)7(9-13)6-8-12/h6,12-13H,2-5H2,1H3. The van der Waals surface area contributed by atoms with Gasteiger partial charge in [0.25, 0.3) is 0 Å². The molecule has 0 aromatic rings. The zero-order valence-electron chi connectivity index (χ0n) is 7.59. The maximum Gasteiger partial charge on any atom is 0.189 e. The van der Waals surface area contributed by atoms with Crippen molar-refractivity contribution in [3.8, 4) is 0 Å². The van der Waals surface area contributed by atoms with E-state index in [9.17, 15) is 0 Å². The lowest BCUT2D eigenvalue weighted by Crippen LogP contribution is -2.47. The third kappa shape index (κ3) is 2.59. The highest BCUT2D eigenvalue weighted by Gasteiger charge is 2.16. The van der Waals surface area contributed by atoms with Crippen molar-refractivity contribution in [3.05, 3.63) is 0 Å². The molecule has 74 valence electrons. The van der Waals surface area contributed by atoms with E-state index in [4.69, 9.17) is 10.4 Å². The molecule has 0 saturated carbocycles. The maximum absolute atomic E-state index is 8.61. The Kier molecular flexibility index (Phi) is 3.51. The number of rotatable bonds is 1. The van der Waals surface area contributed by atoms with Crippen LogP contribution in [0.3, 0.4) is 0 Å². The molecule has 0 bridgehead atoms. The minimum atomic E-state index is 0.301. The van der Waals surface area contributed by atoms with Crippen LogP contribution in [0, 0.1) is 0 Å². The minimum absolute atomic E-state index is 0.301. The van der Waals surface area contributed by atoms with Gasteiger partial charge in [-0.1, -0.05) is 10.3 Å². The Bertz CT molecular complexity index is 209. The van der Waals surface area contributed by atoms with Gasteiger partial charge in [0.1, 0.15) is 6.21 Å². The fourth-order valence-electron chi connectivity index (χ4n) is 1.26. The van der Waals surface area contributed by atoms with Gasteiger partial charge in [-0.2, -0.15) is 0 Å². The second-order valence-electron chi connectivity index (χ2n) is 2.99. The van der Waals surface area contributed by atoms with E-state index in [1.54, 1.807) is 0 Å². The Balaban J connectivity index is 2.52. The van der Waals surface area contributed by atoms with E-state index in [0.717, 1.165) is 32.4 Å². The number of piperazine rings is 1. The highest BCUT2D eigenvalue weighted by atomic mass is 16.4. The summed E-state index contributed by atoms with van der Waals surface area (Å²) in [5, 5.41) is 22.8. The molecule has 6 heteroatoms. The Hall–Kier alpha value is -1.30. The van der Waals surface area contributed by atoms with Gasteiger partial charge in [0.2, 0.25) is 0 Å². The summed E-state index contributed by atoms with van der Waals surface area (Å²) in [5.41, 5.74) is 0. The topological polar surface area (TPSA) is 71.7 Å². The molecule has 1 saturated heterocycles. The number of likely N-dealkylation sites (N-methyl/N-ethyl adjacent to an activating group) is 1. The predicted molar refractivity (Wildman–Crippen MR) is 48.6 cm³/mol. The lowest BCUT2D eigenvalue weighted by molar-refractivity contribution is 0.209. The summed E-state index contributed by atoms with van der Waals surface area (Å²) in [6.07, 6.45) is 1.13. The Labute approximate surface area is 76.7 Å². The molecule has 0 aliphatic carbocycles. The number of oxime groups is 2. The molecule has 0 unspecified atom stereocenters. The normalized spacial score (nSPS) is 21.3. The third-order valence-corrected chi connectivity index (χ3v) is 2.10. The van der Waals surface area contributed by atoms with Crippen molar-refractivity contribution in [2.45, 2.75) is 0 Å². The number of hydrogen-bond acceptors (Lipinski definition) is 5. The molecule has 1 heterocycles. The van der Waals surface area contributed by atoms with Gasteiger partial charge in [-0.05, 0) is 7.05 Å². The zero-order valence-corrected chi connectivity index (χ0v) is 7.59. The molecule has 0 radical (unpaired) electrons. The van der Waals surface area contributed by atoms with E-state index in [1.807, 2.05) is 11.9 Å².